The van der Waals surface area contributed by atoms with Gasteiger partial charge < -0.3 is 14.8 Å². The highest BCUT2D eigenvalue weighted by molar-refractivity contribution is 9.10. The molecule has 0 heterocycles. The molecule has 0 bridgehead atoms. The molecule has 1 aliphatic rings. The minimum Gasteiger partial charge on any atom is -0.487 e. The van der Waals surface area contributed by atoms with Crippen LogP contribution in [-0.4, -0.2) is 31.9 Å². The quantitative estimate of drug-likeness (QED) is 0.868. The fraction of sp³-hybridized carbons (Fsp3) is 0.571. The van der Waals surface area contributed by atoms with Crippen molar-refractivity contribution in [1.82, 2.24) is 5.32 Å². The van der Waals surface area contributed by atoms with Gasteiger partial charge in [-0.25, -0.2) is 4.39 Å². The third kappa shape index (κ3) is 3.46. The lowest BCUT2D eigenvalue weighted by molar-refractivity contribution is -0.0887. The largest absolute Gasteiger partial charge is 0.487 e. The summed E-state index contributed by atoms with van der Waals surface area (Å²) >= 11 is 3.12. The molecule has 0 spiro atoms. The number of hydrogen-bond acceptors (Lipinski definition) is 3. The lowest BCUT2D eigenvalue weighted by Crippen LogP contribution is -2.61. The smallest absolute Gasteiger partial charge is 0.141 e. The Morgan fingerprint density at radius 2 is 2.26 bits per heavy atom. The maximum Gasteiger partial charge on any atom is 0.141 e. The molecule has 1 N–H and O–H groups in total. The maximum absolute atomic E-state index is 13.4. The standard InChI is InChI=1S/C14H19BrFNO2/c1-3-6-17-12-8-13(14(12)18-2)19-9-4-5-10(15)11(16)7-9/h4-5,7,12-14,17H,3,6,8H2,1-2H3. The van der Waals surface area contributed by atoms with Crippen molar-refractivity contribution in [3.63, 3.8) is 0 Å². The van der Waals surface area contributed by atoms with Crippen LogP contribution in [0.3, 0.4) is 0 Å². The first-order chi connectivity index (χ1) is 9.15. The van der Waals surface area contributed by atoms with E-state index in [0.29, 0.717) is 16.3 Å². The van der Waals surface area contributed by atoms with Gasteiger partial charge in [-0.3, -0.25) is 0 Å². The molecule has 3 atom stereocenters. The van der Waals surface area contributed by atoms with Gasteiger partial charge in [0.2, 0.25) is 0 Å². The van der Waals surface area contributed by atoms with Crippen LogP contribution in [0.4, 0.5) is 4.39 Å². The molecule has 5 heteroatoms. The Labute approximate surface area is 121 Å². The summed E-state index contributed by atoms with van der Waals surface area (Å²) < 4.78 is 25.1. The molecule has 106 valence electrons. The molecule has 2 rings (SSSR count). The second-order valence-corrected chi connectivity index (χ2v) is 5.58. The van der Waals surface area contributed by atoms with Crippen molar-refractivity contribution in [2.75, 3.05) is 13.7 Å². The van der Waals surface area contributed by atoms with Gasteiger partial charge >= 0.3 is 0 Å². The van der Waals surface area contributed by atoms with E-state index in [4.69, 9.17) is 9.47 Å². The molecule has 19 heavy (non-hydrogen) atoms. The van der Waals surface area contributed by atoms with E-state index in [1.165, 1.54) is 6.07 Å². The van der Waals surface area contributed by atoms with Crippen molar-refractivity contribution in [3.8, 4) is 5.75 Å². The number of ether oxygens (including phenoxy) is 2. The van der Waals surface area contributed by atoms with Crippen LogP contribution in [0.2, 0.25) is 0 Å². The second-order valence-electron chi connectivity index (χ2n) is 4.73. The molecule has 0 aliphatic heterocycles. The number of nitrogens with one attached hydrogen (secondary N) is 1. The zero-order valence-electron chi connectivity index (χ0n) is 11.2. The molecule has 1 aromatic rings. The first-order valence-corrected chi connectivity index (χ1v) is 7.33. The van der Waals surface area contributed by atoms with E-state index in [2.05, 4.69) is 28.2 Å². The van der Waals surface area contributed by atoms with Gasteiger partial charge in [-0.05, 0) is 41.0 Å². The van der Waals surface area contributed by atoms with Gasteiger partial charge in [-0.1, -0.05) is 6.92 Å². The van der Waals surface area contributed by atoms with Crippen molar-refractivity contribution in [1.29, 1.82) is 0 Å². The lowest BCUT2D eigenvalue weighted by atomic mass is 9.85. The molecule has 0 aromatic heterocycles. The van der Waals surface area contributed by atoms with Crippen molar-refractivity contribution in [3.05, 3.63) is 28.5 Å². The predicted octanol–water partition coefficient (Wildman–Crippen LogP) is 3.12. The minimum absolute atomic E-state index is 0.0140. The zero-order valence-corrected chi connectivity index (χ0v) is 12.7. The Balaban J connectivity index is 1.91. The lowest BCUT2D eigenvalue weighted by Gasteiger charge is -2.43. The predicted molar refractivity (Wildman–Crippen MR) is 76.0 cm³/mol. The van der Waals surface area contributed by atoms with E-state index >= 15 is 0 Å². The fourth-order valence-electron chi connectivity index (χ4n) is 2.27. The van der Waals surface area contributed by atoms with Crippen LogP contribution in [0.1, 0.15) is 19.8 Å². The minimum atomic E-state index is -0.313. The summed E-state index contributed by atoms with van der Waals surface area (Å²) in [5.74, 6) is 0.230. The number of rotatable bonds is 6. The molecule has 1 aliphatic carbocycles. The number of benzene rings is 1. The van der Waals surface area contributed by atoms with E-state index in [1.807, 2.05) is 0 Å². The number of methoxy groups -OCH3 is 1. The van der Waals surface area contributed by atoms with Crippen LogP contribution >= 0.6 is 15.9 Å². The van der Waals surface area contributed by atoms with Gasteiger partial charge in [0.1, 0.15) is 23.8 Å². The van der Waals surface area contributed by atoms with E-state index in [-0.39, 0.29) is 18.0 Å². The maximum atomic E-state index is 13.4. The Morgan fingerprint density at radius 3 is 2.89 bits per heavy atom. The van der Waals surface area contributed by atoms with Crippen molar-refractivity contribution in [2.45, 2.75) is 38.0 Å². The summed E-state index contributed by atoms with van der Waals surface area (Å²) in [5, 5.41) is 3.42. The summed E-state index contributed by atoms with van der Waals surface area (Å²) in [6.45, 7) is 3.11. The molecule has 3 nitrogen and oxygen atoms in total. The van der Waals surface area contributed by atoms with Crippen LogP contribution in [0, 0.1) is 5.82 Å². The van der Waals surface area contributed by atoms with E-state index in [9.17, 15) is 4.39 Å². The van der Waals surface area contributed by atoms with Crippen LogP contribution in [0.25, 0.3) is 0 Å². The third-order valence-electron chi connectivity index (χ3n) is 3.36. The van der Waals surface area contributed by atoms with E-state index < -0.39 is 0 Å². The average molecular weight is 332 g/mol. The monoisotopic (exact) mass is 331 g/mol. The summed E-state index contributed by atoms with van der Waals surface area (Å²) in [5.41, 5.74) is 0. The van der Waals surface area contributed by atoms with E-state index in [0.717, 1.165) is 19.4 Å². The SMILES string of the molecule is CCCNC1CC(Oc2ccc(Br)c(F)c2)C1OC. The summed E-state index contributed by atoms with van der Waals surface area (Å²) in [4.78, 5) is 0. The molecule has 1 aromatic carbocycles. The molecule has 1 saturated carbocycles. The molecular weight excluding hydrogens is 313 g/mol. The van der Waals surface area contributed by atoms with Gasteiger partial charge in [0, 0.05) is 25.6 Å². The van der Waals surface area contributed by atoms with Gasteiger partial charge in [-0.2, -0.15) is 0 Å². The van der Waals surface area contributed by atoms with Gasteiger partial charge in [0.05, 0.1) is 4.47 Å². The van der Waals surface area contributed by atoms with Crippen molar-refractivity contribution < 1.29 is 13.9 Å². The number of hydrogen-bond donors (Lipinski definition) is 1. The first kappa shape index (κ1) is 14.8. The summed E-state index contributed by atoms with van der Waals surface area (Å²) in [7, 11) is 1.68. The Hall–Kier alpha value is -0.650. The van der Waals surface area contributed by atoms with Gasteiger partial charge in [-0.15, -0.1) is 0 Å². The Kier molecular flexibility index (Phi) is 5.19. The molecule has 1 fully saturated rings. The number of halogens is 2. The van der Waals surface area contributed by atoms with E-state index in [1.54, 1.807) is 19.2 Å². The van der Waals surface area contributed by atoms with Crippen LogP contribution < -0.4 is 10.1 Å². The van der Waals surface area contributed by atoms with Crippen LogP contribution in [0.15, 0.2) is 22.7 Å². The van der Waals surface area contributed by atoms with Crippen LogP contribution in [0.5, 0.6) is 5.75 Å². The topological polar surface area (TPSA) is 30.5 Å². The van der Waals surface area contributed by atoms with Crippen molar-refractivity contribution in [2.24, 2.45) is 0 Å². The Morgan fingerprint density at radius 1 is 1.47 bits per heavy atom. The molecular formula is C14H19BrFNO2. The highest BCUT2D eigenvalue weighted by Crippen LogP contribution is 2.30. The Bertz CT molecular complexity index is 430. The van der Waals surface area contributed by atoms with Crippen LogP contribution in [-0.2, 0) is 4.74 Å². The first-order valence-electron chi connectivity index (χ1n) is 6.53. The highest BCUT2D eigenvalue weighted by atomic mass is 79.9. The second kappa shape index (κ2) is 6.68. The molecule has 0 saturated heterocycles. The van der Waals surface area contributed by atoms with Gasteiger partial charge in [0.15, 0.2) is 0 Å². The van der Waals surface area contributed by atoms with Gasteiger partial charge in [0.25, 0.3) is 0 Å². The average Bonchev–Trinajstić information content (AvgIpc) is 2.37. The zero-order chi connectivity index (χ0) is 13.8. The molecule has 0 amide bonds. The summed E-state index contributed by atoms with van der Waals surface area (Å²) in [6, 6.07) is 5.13. The summed E-state index contributed by atoms with van der Waals surface area (Å²) in [6.07, 6.45) is 1.99. The highest BCUT2D eigenvalue weighted by Gasteiger charge is 2.42. The van der Waals surface area contributed by atoms with Crippen molar-refractivity contribution >= 4 is 15.9 Å². The third-order valence-corrected chi connectivity index (χ3v) is 4.00. The molecule has 0 radical (unpaired) electrons. The molecule has 3 unspecified atom stereocenters. The normalized spacial score (nSPS) is 26.0. The fourth-order valence-corrected chi connectivity index (χ4v) is 2.51.